The standard InChI is InChI=1S/C28H29F4NO5/c1-4-14-27(3,5-2)24(26(35)36)33-25(34)21-13-9-18-8-10-19(29)15-22(18)23(21)37-16-17-6-11-20(12-7-17)38-28(30,31)32/h6-13,15,24H,4-5,14,16H2,1-3H3,(H,33,34)(H,35,36)/t24-,27?/m1/s1. The maximum Gasteiger partial charge on any atom is 0.573 e. The molecule has 0 aliphatic heterocycles. The van der Waals surface area contributed by atoms with Crippen molar-refractivity contribution in [1.29, 1.82) is 0 Å². The SMILES string of the molecule is CCCC(C)(CC)[C@H](NC(=O)c1ccc2ccc(F)cc2c1OCc1ccc(OC(F)(F)F)cc1)C(=O)O. The van der Waals surface area contributed by atoms with Gasteiger partial charge < -0.3 is 19.9 Å². The van der Waals surface area contributed by atoms with Crippen LogP contribution in [0.3, 0.4) is 0 Å². The van der Waals surface area contributed by atoms with Crippen molar-refractivity contribution >= 4 is 22.6 Å². The predicted molar refractivity (Wildman–Crippen MR) is 134 cm³/mol. The van der Waals surface area contributed by atoms with E-state index >= 15 is 0 Å². The van der Waals surface area contributed by atoms with Crippen LogP contribution in [0.1, 0.15) is 56.0 Å². The summed E-state index contributed by atoms with van der Waals surface area (Å²) < 4.78 is 61.3. The quantitative estimate of drug-likeness (QED) is 0.262. The molecule has 0 bridgehead atoms. The minimum Gasteiger partial charge on any atom is -0.487 e. The monoisotopic (exact) mass is 535 g/mol. The maximum atomic E-state index is 14.2. The Hall–Kier alpha value is -3.82. The molecule has 0 spiro atoms. The first-order chi connectivity index (χ1) is 17.9. The highest BCUT2D eigenvalue weighted by atomic mass is 19.4. The number of carboxylic acid groups (broad SMARTS) is 1. The van der Waals surface area contributed by atoms with E-state index in [2.05, 4.69) is 10.1 Å². The first kappa shape index (κ1) is 28.7. The van der Waals surface area contributed by atoms with Crippen LogP contribution in [0.15, 0.2) is 54.6 Å². The summed E-state index contributed by atoms with van der Waals surface area (Å²) in [7, 11) is 0. The molecule has 0 saturated carbocycles. The number of fused-ring (bicyclic) bond motifs is 1. The third-order valence-corrected chi connectivity index (χ3v) is 6.57. The summed E-state index contributed by atoms with van der Waals surface area (Å²) in [6, 6.07) is 10.8. The van der Waals surface area contributed by atoms with E-state index in [-0.39, 0.29) is 23.3 Å². The van der Waals surface area contributed by atoms with Crippen LogP contribution in [0.25, 0.3) is 10.8 Å². The summed E-state index contributed by atoms with van der Waals surface area (Å²) in [5.74, 6) is -2.83. The molecule has 0 aliphatic carbocycles. The highest BCUT2D eigenvalue weighted by Gasteiger charge is 2.39. The topological polar surface area (TPSA) is 84.9 Å². The van der Waals surface area contributed by atoms with E-state index in [9.17, 15) is 32.3 Å². The number of halogens is 4. The third kappa shape index (κ3) is 6.93. The van der Waals surface area contributed by atoms with Crippen molar-refractivity contribution < 1.29 is 41.7 Å². The van der Waals surface area contributed by atoms with E-state index < -0.39 is 41.3 Å². The highest BCUT2D eigenvalue weighted by Crippen LogP contribution is 2.35. The number of carboxylic acids is 1. The average Bonchev–Trinajstić information content (AvgIpc) is 2.85. The summed E-state index contributed by atoms with van der Waals surface area (Å²) in [5, 5.41) is 13.4. The number of hydrogen-bond donors (Lipinski definition) is 2. The van der Waals surface area contributed by atoms with Gasteiger partial charge in [-0.05, 0) is 59.5 Å². The van der Waals surface area contributed by atoms with E-state index in [4.69, 9.17) is 4.74 Å². The fourth-order valence-corrected chi connectivity index (χ4v) is 4.38. The van der Waals surface area contributed by atoms with Crippen LogP contribution in [-0.4, -0.2) is 29.4 Å². The van der Waals surface area contributed by atoms with Gasteiger partial charge in [-0.2, -0.15) is 0 Å². The second-order valence-corrected chi connectivity index (χ2v) is 9.29. The lowest BCUT2D eigenvalue weighted by molar-refractivity contribution is -0.274. The molecule has 38 heavy (non-hydrogen) atoms. The normalized spacial score (nSPS) is 14.0. The Kier molecular flexibility index (Phi) is 8.85. The minimum absolute atomic E-state index is 0.00123. The Morgan fingerprint density at radius 1 is 1.03 bits per heavy atom. The molecule has 3 aromatic carbocycles. The van der Waals surface area contributed by atoms with E-state index in [0.717, 1.165) is 18.6 Å². The Bertz CT molecular complexity index is 1290. The minimum atomic E-state index is -4.83. The molecule has 3 rings (SSSR count). The first-order valence-corrected chi connectivity index (χ1v) is 12.1. The van der Waals surface area contributed by atoms with Gasteiger partial charge in [-0.1, -0.05) is 51.5 Å². The molecule has 1 amide bonds. The fourth-order valence-electron chi connectivity index (χ4n) is 4.38. The van der Waals surface area contributed by atoms with Gasteiger partial charge in [-0.25, -0.2) is 9.18 Å². The van der Waals surface area contributed by atoms with E-state index in [1.807, 2.05) is 13.8 Å². The van der Waals surface area contributed by atoms with Gasteiger partial charge >= 0.3 is 12.3 Å². The molecular formula is C28H29F4NO5. The largest absolute Gasteiger partial charge is 0.573 e. The number of ether oxygens (including phenoxy) is 2. The van der Waals surface area contributed by atoms with Crippen LogP contribution in [-0.2, 0) is 11.4 Å². The van der Waals surface area contributed by atoms with Gasteiger partial charge in [0, 0.05) is 5.39 Å². The van der Waals surface area contributed by atoms with Crippen LogP contribution in [0.4, 0.5) is 17.6 Å². The van der Waals surface area contributed by atoms with Gasteiger partial charge in [-0.3, -0.25) is 4.79 Å². The number of carbonyl (C=O) groups excluding carboxylic acids is 1. The van der Waals surface area contributed by atoms with Crippen molar-refractivity contribution in [3.8, 4) is 11.5 Å². The Morgan fingerprint density at radius 2 is 1.68 bits per heavy atom. The van der Waals surface area contributed by atoms with Crippen LogP contribution in [0.5, 0.6) is 11.5 Å². The Balaban J connectivity index is 1.95. The van der Waals surface area contributed by atoms with Gasteiger partial charge in [0.2, 0.25) is 0 Å². The van der Waals surface area contributed by atoms with Crippen molar-refractivity contribution in [1.82, 2.24) is 5.32 Å². The van der Waals surface area contributed by atoms with Crippen LogP contribution in [0.2, 0.25) is 0 Å². The number of aliphatic carboxylic acids is 1. The number of amides is 1. The van der Waals surface area contributed by atoms with Gasteiger partial charge in [0.25, 0.3) is 5.91 Å². The zero-order chi connectivity index (χ0) is 28.1. The molecule has 2 atom stereocenters. The van der Waals surface area contributed by atoms with Crippen molar-refractivity contribution in [3.63, 3.8) is 0 Å². The fraction of sp³-hybridized carbons (Fsp3) is 0.357. The lowest BCUT2D eigenvalue weighted by Gasteiger charge is -2.34. The number of hydrogen-bond acceptors (Lipinski definition) is 4. The lowest BCUT2D eigenvalue weighted by atomic mass is 9.76. The summed E-state index contributed by atoms with van der Waals surface area (Å²) >= 11 is 0. The molecule has 0 saturated heterocycles. The highest BCUT2D eigenvalue weighted by molar-refractivity contribution is 6.05. The molecule has 6 nitrogen and oxygen atoms in total. The molecule has 0 aliphatic rings. The number of nitrogens with one attached hydrogen (secondary N) is 1. The summed E-state index contributed by atoms with van der Waals surface area (Å²) in [4.78, 5) is 25.5. The van der Waals surface area contributed by atoms with Gasteiger partial charge in [-0.15, -0.1) is 13.2 Å². The molecular weight excluding hydrogens is 506 g/mol. The average molecular weight is 536 g/mol. The molecule has 3 aromatic rings. The zero-order valence-electron chi connectivity index (χ0n) is 21.2. The Labute approximate surface area is 217 Å². The van der Waals surface area contributed by atoms with Crippen molar-refractivity contribution in [3.05, 3.63) is 71.5 Å². The smallest absolute Gasteiger partial charge is 0.487 e. The number of benzene rings is 3. The van der Waals surface area contributed by atoms with Crippen molar-refractivity contribution in [2.45, 2.75) is 59.0 Å². The molecule has 0 heterocycles. The molecule has 10 heteroatoms. The Morgan fingerprint density at radius 3 is 2.26 bits per heavy atom. The number of rotatable bonds is 11. The molecule has 1 unspecified atom stereocenters. The van der Waals surface area contributed by atoms with Gasteiger partial charge in [0.15, 0.2) is 0 Å². The number of alkyl halides is 3. The third-order valence-electron chi connectivity index (χ3n) is 6.57. The van der Waals surface area contributed by atoms with Crippen LogP contribution >= 0.6 is 0 Å². The maximum absolute atomic E-state index is 14.2. The first-order valence-electron chi connectivity index (χ1n) is 12.1. The molecule has 0 aromatic heterocycles. The zero-order valence-corrected chi connectivity index (χ0v) is 21.2. The molecule has 0 fully saturated rings. The van der Waals surface area contributed by atoms with Crippen molar-refractivity contribution in [2.75, 3.05) is 0 Å². The van der Waals surface area contributed by atoms with E-state index in [1.165, 1.54) is 36.4 Å². The molecule has 204 valence electrons. The van der Waals surface area contributed by atoms with Crippen molar-refractivity contribution in [2.24, 2.45) is 5.41 Å². The molecule has 2 N–H and O–H groups in total. The summed E-state index contributed by atoms with van der Waals surface area (Å²) in [6.07, 6.45) is -3.02. The number of carbonyl (C=O) groups is 2. The summed E-state index contributed by atoms with van der Waals surface area (Å²) in [5.41, 5.74) is -0.244. The van der Waals surface area contributed by atoms with Gasteiger partial charge in [0.05, 0.1) is 5.56 Å². The second kappa shape index (κ2) is 11.7. The van der Waals surface area contributed by atoms with Crippen LogP contribution < -0.4 is 14.8 Å². The summed E-state index contributed by atoms with van der Waals surface area (Å²) in [6.45, 7) is 5.43. The lowest BCUT2D eigenvalue weighted by Crippen LogP contribution is -2.51. The predicted octanol–water partition coefficient (Wildman–Crippen LogP) is 6.86. The van der Waals surface area contributed by atoms with E-state index in [1.54, 1.807) is 13.0 Å². The van der Waals surface area contributed by atoms with Crippen LogP contribution in [0, 0.1) is 11.2 Å². The second-order valence-electron chi connectivity index (χ2n) is 9.29. The van der Waals surface area contributed by atoms with Gasteiger partial charge in [0.1, 0.15) is 30.0 Å². The van der Waals surface area contributed by atoms with E-state index in [0.29, 0.717) is 23.8 Å². The molecule has 0 radical (unpaired) electrons.